The van der Waals surface area contributed by atoms with E-state index in [1.807, 2.05) is 0 Å². The minimum atomic E-state index is -5.07. The highest BCUT2D eigenvalue weighted by molar-refractivity contribution is 6.42. The zero-order valence-electron chi connectivity index (χ0n) is 21.6. The first-order chi connectivity index (χ1) is 18.6. The monoisotopic (exact) mass is 609 g/mol. The normalized spacial score (nSPS) is 21.1. The van der Waals surface area contributed by atoms with Crippen molar-refractivity contribution >= 4 is 35.0 Å². The molecule has 13 heteroatoms. The van der Waals surface area contributed by atoms with E-state index in [2.05, 4.69) is 4.90 Å². The van der Waals surface area contributed by atoms with Crippen LogP contribution in [0.4, 0.5) is 26.3 Å². The molecule has 4 rings (SSSR count). The summed E-state index contributed by atoms with van der Waals surface area (Å²) in [5.41, 5.74) is -3.07. The lowest BCUT2D eigenvalue weighted by Gasteiger charge is -2.36. The van der Waals surface area contributed by atoms with Crippen molar-refractivity contribution in [2.24, 2.45) is 0 Å². The van der Waals surface area contributed by atoms with Crippen molar-refractivity contribution in [1.29, 1.82) is 0 Å². The molecule has 2 heterocycles. The van der Waals surface area contributed by atoms with E-state index >= 15 is 0 Å². The summed E-state index contributed by atoms with van der Waals surface area (Å²) in [5.74, 6) is -1.32. The van der Waals surface area contributed by atoms with Gasteiger partial charge in [0.1, 0.15) is 0 Å². The highest BCUT2D eigenvalue weighted by atomic mass is 35.5. The summed E-state index contributed by atoms with van der Waals surface area (Å²) in [6.07, 6.45) is -8.76. The molecule has 2 aromatic carbocycles. The van der Waals surface area contributed by atoms with Crippen molar-refractivity contribution in [3.63, 3.8) is 0 Å². The summed E-state index contributed by atoms with van der Waals surface area (Å²) in [6.45, 7) is 3.45. The van der Waals surface area contributed by atoms with Gasteiger partial charge >= 0.3 is 12.4 Å². The van der Waals surface area contributed by atoms with Crippen LogP contribution in [0, 0.1) is 0 Å². The van der Waals surface area contributed by atoms with Gasteiger partial charge in [-0.1, -0.05) is 29.3 Å². The van der Waals surface area contributed by atoms with Gasteiger partial charge in [-0.15, -0.1) is 0 Å². The lowest BCUT2D eigenvalue weighted by Crippen LogP contribution is -2.47. The van der Waals surface area contributed by atoms with Gasteiger partial charge in [0.15, 0.2) is 0 Å². The standard InChI is InChI=1S/C27H27Cl2F6N3O2/c1-15(39)37-7-5-20(6-8-37)38-13-21(16-3-4-22(28)23(29)11-16)24(14-38)36(2)25(40)17-9-18(26(30,31)32)12-19(10-17)27(33,34)35/h3-4,9-12,20-21,24H,5-8,13-14H2,1-2H3/t21-,24+/m0/s1. The molecule has 0 radical (unpaired) electrons. The number of hydrogen-bond acceptors (Lipinski definition) is 3. The molecule has 2 saturated heterocycles. The molecule has 0 bridgehead atoms. The van der Waals surface area contributed by atoms with Gasteiger partial charge in [0.2, 0.25) is 5.91 Å². The average Bonchev–Trinajstić information content (AvgIpc) is 3.33. The number of alkyl halides is 6. The molecule has 0 N–H and O–H groups in total. The van der Waals surface area contributed by atoms with Crippen LogP contribution >= 0.6 is 23.2 Å². The lowest BCUT2D eigenvalue weighted by atomic mass is 9.93. The van der Waals surface area contributed by atoms with E-state index in [1.165, 1.54) is 18.9 Å². The van der Waals surface area contributed by atoms with Crippen LogP contribution < -0.4 is 0 Å². The number of amides is 2. The second-order valence-electron chi connectivity index (χ2n) is 10.2. The Balaban J connectivity index is 1.66. The molecule has 2 aliphatic rings. The largest absolute Gasteiger partial charge is 0.416 e. The van der Waals surface area contributed by atoms with E-state index in [0.717, 1.165) is 5.56 Å². The van der Waals surface area contributed by atoms with Gasteiger partial charge in [-0.05, 0) is 48.7 Å². The molecule has 0 aliphatic carbocycles. The third kappa shape index (κ3) is 6.52. The number of carbonyl (C=O) groups is 2. The Labute approximate surface area is 237 Å². The number of rotatable bonds is 4. The molecule has 218 valence electrons. The Kier molecular flexibility index (Phi) is 8.69. The van der Waals surface area contributed by atoms with Crippen molar-refractivity contribution in [2.75, 3.05) is 33.2 Å². The van der Waals surface area contributed by atoms with E-state index in [9.17, 15) is 35.9 Å². The fourth-order valence-corrected chi connectivity index (χ4v) is 5.86. The lowest BCUT2D eigenvalue weighted by molar-refractivity contribution is -0.143. The first-order valence-corrected chi connectivity index (χ1v) is 13.3. The van der Waals surface area contributed by atoms with Crippen LogP contribution in [0.15, 0.2) is 36.4 Å². The highest BCUT2D eigenvalue weighted by Crippen LogP contribution is 2.39. The van der Waals surface area contributed by atoms with E-state index < -0.39 is 41.0 Å². The van der Waals surface area contributed by atoms with E-state index in [4.69, 9.17) is 23.2 Å². The van der Waals surface area contributed by atoms with Crippen LogP contribution in [0.5, 0.6) is 0 Å². The highest BCUT2D eigenvalue weighted by Gasteiger charge is 2.43. The van der Waals surface area contributed by atoms with Gasteiger partial charge in [-0.3, -0.25) is 14.5 Å². The smallest absolute Gasteiger partial charge is 0.343 e. The maximum atomic E-state index is 13.5. The van der Waals surface area contributed by atoms with Gasteiger partial charge < -0.3 is 9.80 Å². The summed E-state index contributed by atoms with van der Waals surface area (Å²) < 4.78 is 80.7. The maximum Gasteiger partial charge on any atom is 0.416 e. The zero-order valence-corrected chi connectivity index (χ0v) is 23.1. The van der Waals surface area contributed by atoms with Crippen LogP contribution in [0.2, 0.25) is 10.0 Å². The third-order valence-electron chi connectivity index (χ3n) is 7.77. The van der Waals surface area contributed by atoms with Gasteiger partial charge in [-0.2, -0.15) is 26.3 Å². The first-order valence-electron chi connectivity index (χ1n) is 12.6. The Morgan fingerprint density at radius 3 is 1.95 bits per heavy atom. The summed E-state index contributed by atoms with van der Waals surface area (Å²) >= 11 is 12.3. The molecule has 0 saturated carbocycles. The van der Waals surface area contributed by atoms with Crippen LogP contribution in [0.3, 0.4) is 0 Å². The molecule has 0 aromatic heterocycles. The van der Waals surface area contributed by atoms with Crippen LogP contribution in [0.25, 0.3) is 0 Å². The molecule has 2 aromatic rings. The third-order valence-corrected chi connectivity index (χ3v) is 8.51. The maximum absolute atomic E-state index is 13.5. The molecule has 2 fully saturated rings. The minimum Gasteiger partial charge on any atom is -0.343 e. The number of carbonyl (C=O) groups excluding carboxylic acids is 2. The molecule has 40 heavy (non-hydrogen) atoms. The number of benzene rings is 2. The summed E-state index contributed by atoms with van der Waals surface area (Å²) in [7, 11) is 1.38. The molecule has 0 unspecified atom stereocenters. The van der Waals surface area contributed by atoms with Gasteiger partial charge in [0.05, 0.1) is 27.2 Å². The zero-order chi connectivity index (χ0) is 29.6. The number of nitrogens with zero attached hydrogens (tertiary/aromatic N) is 3. The molecule has 2 amide bonds. The number of piperidine rings is 1. The van der Waals surface area contributed by atoms with Crippen LogP contribution in [-0.4, -0.2) is 71.8 Å². The number of halogens is 8. The number of likely N-dealkylation sites (tertiary alicyclic amines) is 2. The molecule has 5 nitrogen and oxygen atoms in total. The second-order valence-corrected chi connectivity index (χ2v) is 11.1. The fraction of sp³-hybridized carbons (Fsp3) is 0.481. The van der Waals surface area contributed by atoms with Gasteiger partial charge in [0.25, 0.3) is 5.91 Å². The molecule has 0 spiro atoms. The van der Waals surface area contributed by atoms with Crippen molar-refractivity contribution in [3.8, 4) is 0 Å². The topological polar surface area (TPSA) is 43.9 Å². The predicted molar refractivity (Wildman–Crippen MR) is 138 cm³/mol. The Bertz CT molecular complexity index is 1250. The summed E-state index contributed by atoms with van der Waals surface area (Å²) in [4.78, 5) is 30.3. The summed E-state index contributed by atoms with van der Waals surface area (Å²) in [6, 6.07) is 5.42. The van der Waals surface area contributed by atoms with E-state index in [1.54, 1.807) is 23.1 Å². The van der Waals surface area contributed by atoms with E-state index in [-0.39, 0.29) is 29.0 Å². The Morgan fingerprint density at radius 1 is 0.875 bits per heavy atom. The van der Waals surface area contributed by atoms with Crippen LogP contribution in [-0.2, 0) is 17.1 Å². The summed E-state index contributed by atoms with van der Waals surface area (Å²) in [5, 5.41) is 0.606. The predicted octanol–water partition coefficient (Wildman–Crippen LogP) is 6.58. The molecule has 2 aliphatic heterocycles. The van der Waals surface area contributed by atoms with Crippen molar-refractivity contribution in [2.45, 2.75) is 50.1 Å². The molecule has 2 atom stereocenters. The van der Waals surface area contributed by atoms with Crippen molar-refractivity contribution < 1.29 is 35.9 Å². The first kappa shape index (κ1) is 30.5. The van der Waals surface area contributed by atoms with Crippen molar-refractivity contribution in [1.82, 2.24) is 14.7 Å². The Morgan fingerprint density at radius 2 is 1.45 bits per heavy atom. The van der Waals surface area contributed by atoms with E-state index in [0.29, 0.717) is 56.2 Å². The minimum absolute atomic E-state index is 0.00000518. The Hall–Kier alpha value is -2.50. The van der Waals surface area contributed by atoms with Gasteiger partial charge in [-0.25, -0.2) is 0 Å². The van der Waals surface area contributed by atoms with Crippen molar-refractivity contribution in [3.05, 3.63) is 68.7 Å². The van der Waals surface area contributed by atoms with Gasteiger partial charge in [0, 0.05) is 57.7 Å². The average molecular weight is 610 g/mol. The van der Waals surface area contributed by atoms with Crippen LogP contribution in [0.1, 0.15) is 52.7 Å². The fourth-order valence-electron chi connectivity index (χ4n) is 5.56. The number of likely N-dealkylation sites (N-methyl/N-ethyl adjacent to an activating group) is 1. The molecular weight excluding hydrogens is 583 g/mol. The SMILES string of the molecule is CC(=O)N1CCC(N2C[C@@H](N(C)C(=O)c3cc(C(F)(F)F)cc(C(F)(F)F)c3)[C@H](c3ccc(Cl)c(Cl)c3)C2)CC1. The number of hydrogen-bond donors (Lipinski definition) is 0. The second kappa shape index (κ2) is 11.4. The molecular formula is C27H27Cl2F6N3O2. The quantitative estimate of drug-likeness (QED) is 0.368.